The van der Waals surface area contributed by atoms with Gasteiger partial charge in [0, 0.05) is 0 Å². The maximum Gasteiger partial charge on any atom is 0.241 e. The van der Waals surface area contributed by atoms with Crippen LogP contribution in [0.25, 0.3) is 0 Å². The summed E-state index contributed by atoms with van der Waals surface area (Å²) >= 11 is 0. The Morgan fingerprint density at radius 1 is 1.32 bits per heavy atom. The van der Waals surface area contributed by atoms with Gasteiger partial charge in [-0.05, 0) is 31.4 Å². The lowest BCUT2D eigenvalue weighted by Crippen LogP contribution is -2.56. The van der Waals surface area contributed by atoms with Gasteiger partial charge in [-0.3, -0.25) is 5.41 Å². The number of benzene rings is 1. The van der Waals surface area contributed by atoms with Crippen molar-refractivity contribution in [2.24, 2.45) is 5.73 Å². The summed E-state index contributed by atoms with van der Waals surface area (Å²) in [7, 11) is -3.69. The van der Waals surface area contributed by atoms with E-state index in [2.05, 4.69) is 4.72 Å². The quantitative estimate of drug-likeness (QED) is 0.548. The summed E-state index contributed by atoms with van der Waals surface area (Å²) in [6.45, 7) is 5.36. The molecular formula is C13H21N3O2S. The van der Waals surface area contributed by atoms with E-state index in [1.807, 2.05) is 13.8 Å². The van der Waals surface area contributed by atoms with Crippen LogP contribution in [-0.2, 0) is 10.0 Å². The second-order valence-electron chi connectivity index (χ2n) is 4.57. The van der Waals surface area contributed by atoms with Crippen LogP contribution in [0.1, 0.15) is 32.3 Å². The number of hydrogen-bond acceptors (Lipinski definition) is 3. The van der Waals surface area contributed by atoms with E-state index in [1.54, 1.807) is 31.2 Å². The van der Waals surface area contributed by atoms with Crippen LogP contribution in [0, 0.1) is 12.3 Å². The minimum Gasteiger partial charge on any atom is -0.386 e. The Balaban J connectivity index is 3.23. The first-order chi connectivity index (χ1) is 8.79. The van der Waals surface area contributed by atoms with Gasteiger partial charge in [0.25, 0.3) is 0 Å². The summed E-state index contributed by atoms with van der Waals surface area (Å²) in [6, 6.07) is 6.75. The van der Waals surface area contributed by atoms with Gasteiger partial charge in [0.1, 0.15) is 5.84 Å². The smallest absolute Gasteiger partial charge is 0.241 e. The van der Waals surface area contributed by atoms with E-state index in [-0.39, 0.29) is 10.7 Å². The molecule has 0 heterocycles. The predicted molar refractivity (Wildman–Crippen MR) is 76.7 cm³/mol. The van der Waals surface area contributed by atoms with Crippen molar-refractivity contribution in [3.05, 3.63) is 29.8 Å². The number of sulfonamides is 1. The van der Waals surface area contributed by atoms with Gasteiger partial charge in [0.2, 0.25) is 10.0 Å². The molecule has 0 saturated carbocycles. The van der Waals surface area contributed by atoms with E-state index in [0.717, 1.165) is 0 Å². The molecule has 0 bridgehead atoms. The number of nitrogens with two attached hydrogens (primary N) is 1. The molecule has 1 aromatic rings. The molecule has 0 spiro atoms. The number of aryl methyl sites for hydroxylation is 1. The van der Waals surface area contributed by atoms with Gasteiger partial charge >= 0.3 is 0 Å². The SMILES string of the molecule is CCC(CC)(NS(=O)(=O)c1ccccc1C)C(=N)N. The van der Waals surface area contributed by atoms with Gasteiger partial charge < -0.3 is 5.73 Å². The Morgan fingerprint density at radius 3 is 2.26 bits per heavy atom. The Bertz CT molecular complexity index is 563. The summed E-state index contributed by atoms with van der Waals surface area (Å²) in [5.41, 5.74) is 5.23. The molecule has 0 aromatic heterocycles. The van der Waals surface area contributed by atoms with Crippen LogP contribution in [0.3, 0.4) is 0 Å². The van der Waals surface area contributed by atoms with Gasteiger partial charge in [-0.2, -0.15) is 4.72 Å². The van der Waals surface area contributed by atoms with Crippen molar-refractivity contribution in [3.8, 4) is 0 Å². The van der Waals surface area contributed by atoms with Gasteiger partial charge in [-0.1, -0.05) is 32.0 Å². The molecule has 6 heteroatoms. The fraction of sp³-hybridized carbons (Fsp3) is 0.462. The van der Waals surface area contributed by atoms with Gasteiger partial charge in [0.15, 0.2) is 0 Å². The molecule has 0 aliphatic heterocycles. The Morgan fingerprint density at radius 2 is 1.84 bits per heavy atom. The molecule has 0 aliphatic carbocycles. The van der Waals surface area contributed by atoms with E-state index >= 15 is 0 Å². The van der Waals surface area contributed by atoms with Gasteiger partial charge in [0.05, 0.1) is 10.4 Å². The average Bonchev–Trinajstić information content (AvgIpc) is 2.36. The summed E-state index contributed by atoms with van der Waals surface area (Å²) in [4.78, 5) is 0.225. The van der Waals surface area contributed by atoms with Crippen molar-refractivity contribution in [2.75, 3.05) is 0 Å². The molecular weight excluding hydrogens is 262 g/mol. The second kappa shape index (κ2) is 5.71. The average molecular weight is 283 g/mol. The summed E-state index contributed by atoms with van der Waals surface area (Å²) in [6.07, 6.45) is 0.869. The van der Waals surface area contributed by atoms with E-state index < -0.39 is 15.6 Å². The lowest BCUT2D eigenvalue weighted by molar-refractivity contribution is 0.458. The standard InChI is InChI=1S/C13H21N3O2S/c1-4-13(5-2,12(14)15)16-19(17,18)11-9-7-6-8-10(11)3/h6-9,16H,4-5H2,1-3H3,(H3,14,15). The highest BCUT2D eigenvalue weighted by atomic mass is 32.2. The fourth-order valence-corrected chi connectivity index (χ4v) is 3.77. The highest BCUT2D eigenvalue weighted by Crippen LogP contribution is 2.21. The van der Waals surface area contributed by atoms with E-state index in [4.69, 9.17) is 11.1 Å². The van der Waals surface area contributed by atoms with Crippen molar-refractivity contribution in [1.29, 1.82) is 5.41 Å². The molecule has 5 nitrogen and oxygen atoms in total. The molecule has 0 atom stereocenters. The van der Waals surface area contributed by atoms with Crippen molar-refractivity contribution in [3.63, 3.8) is 0 Å². The third-order valence-electron chi connectivity index (χ3n) is 3.44. The summed E-state index contributed by atoms with van der Waals surface area (Å²) in [5, 5.41) is 7.65. The summed E-state index contributed by atoms with van der Waals surface area (Å²) in [5.74, 6) is -0.158. The van der Waals surface area contributed by atoms with Crippen LogP contribution < -0.4 is 10.5 Å². The number of amidine groups is 1. The lowest BCUT2D eigenvalue weighted by atomic mass is 9.93. The summed E-state index contributed by atoms with van der Waals surface area (Å²) < 4.78 is 27.4. The molecule has 1 aromatic carbocycles. The maximum atomic E-state index is 12.4. The molecule has 0 aliphatic rings. The van der Waals surface area contributed by atoms with Crippen LogP contribution in [0.5, 0.6) is 0 Å². The van der Waals surface area contributed by atoms with Crippen LogP contribution in [0.2, 0.25) is 0 Å². The molecule has 0 amide bonds. The fourth-order valence-electron chi connectivity index (χ4n) is 2.00. The molecule has 1 rings (SSSR count). The number of hydrogen-bond donors (Lipinski definition) is 3. The molecule has 19 heavy (non-hydrogen) atoms. The highest BCUT2D eigenvalue weighted by molar-refractivity contribution is 7.89. The largest absolute Gasteiger partial charge is 0.386 e. The maximum absolute atomic E-state index is 12.4. The Kier molecular flexibility index (Phi) is 4.70. The third-order valence-corrected chi connectivity index (χ3v) is 5.13. The molecule has 0 radical (unpaired) electrons. The second-order valence-corrected chi connectivity index (χ2v) is 6.22. The zero-order valence-corrected chi connectivity index (χ0v) is 12.3. The third kappa shape index (κ3) is 3.13. The first-order valence-electron chi connectivity index (χ1n) is 6.23. The van der Waals surface area contributed by atoms with E-state index in [1.165, 1.54) is 0 Å². The van der Waals surface area contributed by atoms with Crippen LogP contribution in [0.4, 0.5) is 0 Å². The van der Waals surface area contributed by atoms with Crippen molar-refractivity contribution < 1.29 is 8.42 Å². The molecule has 106 valence electrons. The zero-order valence-electron chi connectivity index (χ0n) is 11.5. The minimum atomic E-state index is -3.69. The monoisotopic (exact) mass is 283 g/mol. The molecule has 0 saturated heterocycles. The van der Waals surface area contributed by atoms with Crippen molar-refractivity contribution in [1.82, 2.24) is 4.72 Å². The molecule has 0 fully saturated rings. The van der Waals surface area contributed by atoms with Crippen LogP contribution in [0.15, 0.2) is 29.2 Å². The Hall–Kier alpha value is -1.40. The van der Waals surface area contributed by atoms with Gasteiger partial charge in [-0.15, -0.1) is 0 Å². The number of nitrogens with one attached hydrogen (secondary N) is 2. The van der Waals surface area contributed by atoms with E-state index in [9.17, 15) is 8.42 Å². The predicted octanol–water partition coefficient (Wildman–Crippen LogP) is 1.77. The topological polar surface area (TPSA) is 96.0 Å². The van der Waals surface area contributed by atoms with E-state index in [0.29, 0.717) is 18.4 Å². The van der Waals surface area contributed by atoms with Crippen molar-refractivity contribution in [2.45, 2.75) is 44.0 Å². The van der Waals surface area contributed by atoms with Crippen LogP contribution >= 0.6 is 0 Å². The van der Waals surface area contributed by atoms with Gasteiger partial charge in [-0.25, -0.2) is 8.42 Å². The first kappa shape index (κ1) is 15.7. The lowest BCUT2D eigenvalue weighted by Gasteiger charge is -2.31. The zero-order chi connectivity index (χ0) is 14.7. The normalized spacial score (nSPS) is 12.4. The van der Waals surface area contributed by atoms with Crippen LogP contribution in [-0.4, -0.2) is 19.8 Å². The number of rotatable bonds is 6. The highest BCUT2D eigenvalue weighted by Gasteiger charge is 2.35. The Labute approximate surface area is 114 Å². The minimum absolute atomic E-state index is 0.158. The first-order valence-corrected chi connectivity index (χ1v) is 7.71. The van der Waals surface area contributed by atoms with Crippen molar-refractivity contribution >= 4 is 15.9 Å². The molecule has 4 N–H and O–H groups in total. The molecule has 0 unspecified atom stereocenters.